The van der Waals surface area contributed by atoms with Gasteiger partial charge in [-0.05, 0) is 30.7 Å². The minimum Gasteiger partial charge on any atom is -0.454 e. The van der Waals surface area contributed by atoms with E-state index in [9.17, 15) is 4.79 Å². The van der Waals surface area contributed by atoms with Crippen molar-refractivity contribution in [3.63, 3.8) is 0 Å². The number of benzene rings is 1. The molecule has 2 heterocycles. The van der Waals surface area contributed by atoms with Crippen LogP contribution in [0.4, 0.5) is 0 Å². The van der Waals surface area contributed by atoms with Gasteiger partial charge in [-0.3, -0.25) is 4.79 Å². The number of amides is 1. The van der Waals surface area contributed by atoms with E-state index in [-0.39, 0.29) is 49.9 Å². The zero-order valence-corrected chi connectivity index (χ0v) is 16.1. The highest BCUT2D eigenvalue weighted by Crippen LogP contribution is 2.36. The van der Waals surface area contributed by atoms with Gasteiger partial charge in [0.2, 0.25) is 12.7 Å². The number of fused-ring (bicyclic) bond motifs is 1. The fraction of sp³-hybridized carbons (Fsp3) is 0.375. The fourth-order valence-electron chi connectivity index (χ4n) is 2.15. The van der Waals surface area contributed by atoms with E-state index >= 15 is 0 Å². The van der Waals surface area contributed by atoms with Crippen LogP contribution in [0, 0.1) is 5.92 Å². The smallest absolute Gasteiger partial charge is 0.231 e. The number of hydrogen-bond donors (Lipinski definition) is 2. The summed E-state index contributed by atoms with van der Waals surface area (Å²) in [6, 6.07) is 5.73. The molecule has 3 N–H and O–H groups in total. The molecule has 0 fully saturated rings. The Balaban J connectivity index is 0.00000156. The fourth-order valence-corrected chi connectivity index (χ4v) is 2.97. The summed E-state index contributed by atoms with van der Waals surface area (Å²) in [6.45, 7) is 3.41. The Bertz CT molecular complexity index is 712. The van der Waals surface area contributed by atoms with Gasteiger partial charge in [-0.2, -0.15) is 0 Å². The topological polar surface area (TPSA) is 86.5 Å². The minimum atomic E-state index is -0.0344. The first-order valence-electron chi connectivity index (χ1n) is 7.47. The van der Waals surface area contributed by atoms with Crippen molar-refractivity contribution in [1.29, 1.82) is 0 Å². The highest BCUT2D eigenvalue weighted by Gasteiger charge is 2.16. The third-order valence-corrected chi connectivity index (χ3v) is 4.50. The van der Waals surface area contributed by atoms with E-state index in [4.69, 9.17) is 15.2 Å². The normalized spacial score (nSPS) is 12.7. The predicted octanol–water partition coefficient (Wildman–Crippen LogP) is 2.64. The maximum atomic E-state index is 11.9. The van der Waals surface area contributed by atoms with Crippen LogP contribution in [0.5, 0.6) is 11.5 Å². The quantitative estimate of drug-likeness (QED) is 0.770. The molecular formula is C16H21Cl2N3O3S. The predicted molar refractivity (Wildman–Crippen MR) is 103 cm³/mol. The lowest BCUT2D eigenvalue weighted by Crippen LogP contribution is -2.32. The summed E-state index contributed by atoms with van der Waals surface area (Å²) in [5.41, 5.74) is 7.26. The Morgan fingerprint density at radius 1 is 1.36 bits per heavy atom. The van der Waals surface area contributed by atoms with Gasteiger partial charge in [0.05, 0.1) is 12.1 Å². The first kappa shape index (κ1) is 21.5. The lowest BCUT2D eigenvalue weighted by molar-refractivity contribution is -0.120. The maximum Gasteiger partial charge on any atom is 0.231 e. The first-order valence-corrected chi connectivity index (χ1v) is 8.35. The molecule has 1 amide bonds. The maximum absolute atomic E-state index is 11.9. The second kappa shape index (κ2) is 9.82. The molecule has 1 aliphatic rings. The number of carbonyl (C=O) groups is 1. The van der Waals surface area contributed by atoms with Crippen molar-refractivity contribution in [3.05, 3.63) is 29.3 Å². The number of nitrogens with one attached hydrogen (secondary N) is 1. The van der Waals surface area contributed by atoms with E-state index in [2.05, 4.69) is 10.3 Å². The van der Waals surface area contributed by atoms with Crippen LogP contribution in [0.1, 0.15) is 12.6 Å². The van der Waals surface area contributed by atoms with Gasteiger partial charge < -0.3 is 20.5 Å². The summed E-state index contributed by atoms with van der Waals surface area (Å²) >= 11 is 1.51. The number of nitrogens with two attached hydrogens (primary N) is 1. The first-order chi connectivity index (χ1) is 11.2. The molecule has 1 aliphatic heterocycles. The summed E-state index contributed by atoms with van der Waals surface area (Å²) in [6.07, 6.45) is 0.276. The van der Waals surface area contributed by atoms with Gasteiger partial charge in [0, 0.05) is 17.5 Å². The molecule has 2 aromatic rings. The highest BCUT2D eigenvalue weighted by molar-refractivity contribution is 7.13. The molecule has 9 heteroatoms. The van der Waals surface area contributed by atoms with Crippen LogP contribution in [0.25, 0.3) is 10.6 Å². The van der Waals surface area contributed by atoms with Crippen molar-refractivity contribution in [2.45, 2.75) is 13.3 Å². The second-order valence-corrected chi connectivity index (χ2v) is 6.39. The summed E-state index contributed by atoms with van der Waals surface area (Å²) in [4.78, 5) is 16.4. The Morgan fingerprint density at radius 3 is 2.88 bits per heavy atom. The number of nitrogens with zero attached hydrogens (tertiary/aromatic N) is 1. The number of rotatable bonds is 6. The van der Waals surface area contributed by atoms with E-state index in [0.717, 1.165) is 27.8 Å². The number of aromatic nitrogens is 1. The van der Waals surface area contributed by atoms with Crippen LogP contribution in [-0.2, 0) is 11.2 Å². The monoisotopic (exact) mass is 405 g/mol. The van der Waals surface area contributed by atoms with Gasteiger partial charge in [0.15, 0.2) is 11.5 Å². The SMILES string of the molecule is CC(CN)CNC(=O)Cc1csc(-c2ccc3c(c2)OCO3)n1.Cl.Cl. The number of halogens is 2. The van der Waals surface area contributed by atoms with Crippen molar-refractivity contribution in [2.24, 2.45) is 11.7 Å². The molecule has 0 aliphatic carbocycles. The van der Waals surface area contributed by atoms with Crippen molar-refractivity contribution in [3.8, 4) is 22.1 Å². The Hall–Kier alpha value is -1.54. The molecule has 1 aromatic heterocycles. The second-order valence-electron chi connectivity index (χ2n) is 5.53. The van der Waals surface area contributed by atoms with Crippen LogP contribution in [-0.4, -0.2) is 30.8 Å². The molecule has 0 bridgehead atoms. The highest BCUT2D eigenvalue weighted by atomic mass is 35.5. The van der Waals surface area contributed by atoms with E-state index in [1.165, 1.54) is 11.3 Å². The Morgan fingerprint density at radius 2 is 2.12 bits per heavy atom. The van der Waals surface area contributed by atoms with E-state index < -0.39 is 0 Å². The summed E-state index contributed by atoms with van der Waals surface area (Å²) < 4.78 is 10.7. The van der Waals surface area contributed by atoms with Gasteiger partial charge in [-0.25, -0.2) is 4.98 Å². The van der Waals surface area contributed by atoms with Crippen molar-refractivity contribution in [2.75, 3.05) is 19.9 Å². The van der Waals surface area contributed by atoms with Crippen molar-refractivity contribution >= 4 is 42.1 Å². The van der Waals surface area contributed by atoms with Gasteiger partial charge >= 0.3 is 0 Å². The molecule has 1 atom stereocenters. The van der Waals surface area contributed by atoms with Gasteiger partial charge in [0.1, 0.15) is 5.01 Å². The number of hydrogen-bond acceptors (Lipinski definition) is 6. The minimum absolute atomic E-state index is 0. The molecule has 3 rings (SSSR count). The Labute approximate surface area is 162 Å². The van der Waals surface area contributed by atoms with Crippen LogP contribution in [0.2, 0.25) is 0 Å². The molecule has 0 saturated heterocycles. The molecule has 0 radical (unpaired) electrons. The third-order valence-electron chi connectivity index (χ3n) is 3.56. The number of carbonyl (C=O) groups excluding carboxylic acids is 1. The number of ether oxygens (including phenoxy) is 2. The van der Waals surface area contributed by atoms with Gasteiger partial charge in [-0.15, -0.1) is 36.2 Å². The van der Waals surface area contributed by atoms with E-state index in [0.29, 0.717) is 13.1 Å². The van der Waals surface area contributed by atoms with Crippen LogP contribution in [0.15, 0.2) is 23.6 Å². The van der Waals surface area contributed by atoms with Gasteiger partial charge in [-0.1, -0.05) is 6.92 Å². The molecular weight excluding hydrogens is 385 g/mol. The molecule has 138 valence electrons. The molecule has 0 saturated carbocycles. The average molecular weight is 406 g/mol. The Kier molecular flexibility index (Phi) is 8.44. The van der Waals surface area contributed by atoms with Crippen molar-refractivity contribution in [1.82, 2.24) is 10.3 Å². The van der Waals surface area contributed by atoms with Crippen LogP contribution < -0.4 is 20.5 Å². The van der Waals surface area contributed by atoms with E-state index in [1.807, 2.05) is 30.5 Å². The zero-order valence-electron chi connectivity index (χ0n) is 13.7. The molecule has 25 heavy (non-hydrogen) atoms. The van der Waals surface area contributed by atoms with E-state index in [1.54, 1.807) is 0 Å². The zero-order chi connectivity index (χ0) is 16.2. The van der Waals surface area contributed by atoms with Crippen LogP contribution >= 0.6 is 36.2 Å². The molecule has 1 aromatic carbocycles. The summed E-state index contributed by atoms with van der Waals surface area (Å²) in [5.74, 6) is 1.72. The number of thiazole rings is 1. The third kappa shape index (κ3) is 5.47. The summed E-state index contributed by atoms with van der Waals surface area (Å²) in [7, 11) is 0. The van der Waals surface area contributed by atoms with Crippen molar-refractivity contribution < 1.29 is 14.3 Å². The average Bonchev–Trinajstić information content (AvgIpc) is 3.20. The van der Waals surface area contributed by atoms with Crippen LogP contribution in [0.3, 0.4) is 0 Å². The molecule has 6 nitrogen and oxygen atoms in total. The molecule has 0 spiro atoms. The van der Waals surface area contributed by atoms with Gasteiger partial charge in [0.25, 0.3) is 0 Å². The lowest BCUT2D eigenvalue weighted by atomic mass is 10.2. The standard InChI is InChI=1S/C16H19N3O3S.2ClH/c1-10(6-17)7-18-15(20)5-12-8-23-16(19-12)11-2-3-13-14(4-11)22-9-21-13;;/h2-4,8,10H,5-7,9,17H2,1H3,(H,18,20);2*1H. The molecule has 1 unspecified atom stereocenters. The summed E-state index contributed by atoms with van der Waals surface area (Å²) in [5, 5.41) is 5.65. The lowest BCUT2D eigenvalue weighted by Gasteiger charge is -2.09. The largest absolute Gasteiger partial charge is 0.454 e.